The van der Waals surface area contributed by atoms with Gasteiger partial charge in [-0.3, -0.25) is 0 Å². The van der Waals surface area contributed by atoms with Gasteiger partial charge in [0.15, 0.2) is 0 Å². The summed E-state index contributed by atoms with van der Waals surface area (Å²) in [7, 11) is 0. The second kappa shape index (κ2) is 5.71. The fourth-order valence-electron chi connectivity index (χ4n) is 1.58. The molecule has 0 saturated heterocycles. The molecule has 0 radical (unpaired) electrons. The van der Waals surface area contributed by atoms with E-state index in [1.54, 1.807) is 0 Å². The molecule has 0 heterocycles. The first-order valence-corrected chi connectivity index (χ1v) is 5.60. The predicted octanol–water partition coefficient (Wildman–Crippen LogP) is 3.84. The van der Waals surface area contributed by atoms with E-state index in [9.17, 15) is 0 Å². The minimum atomic E-state index is -0.565. The van der Waals surface area contributed by atoms with Crippen molar-refractivity contribution in [3.8, 4) is 0 Å². The lowest BCUT2D eigenvalue weighted by Gasteiger charge is -2.26. The van der Waals surface area contributed by atoms with Crippen LogP contribution in [0.3, 0.4) is 0 Å². The molecule has 0 amide bonds. The molecule has 0 unspecified atom stereocenters. The molecular weight excluding hydrogens is 200 g/mol. The molecule has 2 nitrogen and oxygen atoms in total. The van der Waals surface area contributed by atoms with Crippen LogP contribution in [0.25, 0.3) is 6.08 Å². The first-order chi connectivity index (χ1) is 7.53. The summed E-state index contributed by atoms with van der Waals surface area (Å²) in [5.74, 6) is 0.286. The number of allylic oxidation sites excluding steroid dienone is 1. The van der Waals surface area contributed by atoms with Crippen molar-refractivity contribution in [2.75, 3.05) is 6.61 Å². The SMILES string of the molecule is CCOC(C)(C)OC(C)=Cc1ccccc1. The van der Waals surface area contributed by atoms with Gasteiger partial charge in [0.05, 0.1) is 5.76 Å². The van der Waals surface area contributed by atoms with Crippen molar-refractivity contribution in [1.82, 2.24) is 0 Å². The molecule has 16 heavy (non-hydrogen) atoms. The lowest BCUT2D eigenvalue weighted by molar-refractivity contribution is -0.185. The Labute approximate surface area is 97.9 Å². The van der Waals surface area contributed by atoms with E-state index < -0.39 is 5.79 Å². The second-order valence-corrected chi connectivity index (χ2v) is 4.10. The summed E-state index contributed by atoms with van der Waals surface area (Å²) >= 11 is 0. The van der Waals surface area contributed by atoms with E-state index in [4.69, 9.17) is 9.47 Å². The number of benzene rings is 1. The molecule has 2 heteroatoms. The Balaban J connectivity index is 2.65. The smallest absolute Gasteiger partial charge is 0.204 e. The summed E-state index contributed by atoms with van der Waals surface area (Å²) in [5.41, 5.74) is 1.13. The zero-order chi connectivity index (χ0) is 12.0. The monoisotopic (exact) mass is 220 g/mol. The Morgan fingerprint density at radius 3 is 2.44 bits per heavy atom. The zero-order valence-electron chi connectivity index (χ0n) is 10.5. The van der Waals surface area contributed by atoms with Gasteiger partial charge >= 0.3 is 0 Å². The van der Waals surface area contributed by atoms with Crippen LogP contribution in [-0.4, -0.2) is 12.4 Å². The molecule has 0 aliphatic carbocycles. The number of rotatable bonds is 5. The standard InChI is InChI=1S/C14H20O2/c1-5-15-14(3,4)16-12(2)11-13-9-7-6-8-10-13/h6-11H,5H2,1-4H3. The number of ether oxygens (including phenoxy) is 2. The highest BCUT2D eigenvalue weighted by molar-refractivity contribution is 5.50. The van der Waals surface area contributed by atoms with Crippen molar-refractivity contribution in [1.29, 1.82) is 0 Å². The topological polar surface area (TPSA) is 18.5 Å². The number of hydrogen-bond donors (Lipinski definition) is 0. The largest absolute Gasteiger partial charge is 0.468 e. The maximum absolute atomic E-state index is 5.72. The molecular formula is C14H20O2. The highest BCUT2D eigenvalue weighted by Gasteiger charge is 2.18. The van der Waals surface area contributed by atoms with E-state index in [-0.39, 0.29) is 0 Å². The van der Waals surface area contributed by atoms with Gasteiger partial charge in [-0.25, -0.2) is 0 Å². The molecule has 0 bridgehead atoms. The van der Waals surface area contributed by atoms with E-state index in [2.05, 4.69) is 0 Å². The molecule has 1 aromatic carbocycles. The van der Waals surface area contributed by atoms with Crippen LogP contribution in [0.1, 0.15) is 33.3 Å². The molecule has 0 fully saturated rings. The zero-order valence-corrected chi connectivity index (χ0v) is 10.5. The van der Waals surface area contributed by atoms with Crippen LogP contribution < -0.4 is 0 Å². The fourth-order valence-corrected chi connectivity index (χ4v) is 1.58. The third kappa shape index (κ3) is 4.49. The Bertz CT molecular complexity index is 339. The Hall–Kier alpha value is -1.28. The van der Waals surface area contributed by atoms with Crippen molar-refractivity contribution in [3.05, 3.63) is 41.7 Å². The third-order valence-electron chi connectivity index (χ3n) is 2.07. The second-order valence-electron chi connectivity index (χ2n) is 4.10. The van der Waals surface area contributed by atoms with Gasteiger partial charge < -0.3 is 9.47 Å². The summed E-state index contributed by atoms with van der Waals surface area (Å²) in [6.07, 6.45) is 2.00. The van der Waals surface area contributed by atoms with Crippen LogP contribution in [0.4, 0.5) is 0 Å². The van der Waals surface area contributed by atoms with E-state index in [1.165, 1.54) is 0 Å². The lowest BCUT2D eigenvalue weighted by atomic mass is 10.2. The quantitative estimate of drug-likeness (QED) is 0.554. The first kappa shape index (κ1) is 12.8. The maximum Gasteiger partial charge on any atom is 0.204 e. The molecule has 0 saturated carbocycles. The van der Waals surface area contributed by atoms with Gasteiger partial charge in [-0.1, -0.05) is 30.3 Å². The maximum atomic E-state index is 5.72. The molecule has 0 spiro atoms. The van der Waals surface area contributed by atoms with Gasteiger partial charge in [0.2, 0.25) is 5.79 Å². The molecule has 0 aromatic heterocycles. The van der Waals surface area contributed by atoms with Crippen LogP contribution in [0.2, 0.25) is 0 Å². The Morgan fingerprint density at radius 2 is 1.88 bits per heavy atom. The van der Waals surface area contributed by atoms with Gasteiger partial charge in [0.25, 0.3) is 0 Å². The first-order valence-electron chi connectivity index (χ1n) is 5.60. The Morgan fingerprint density at radius 1 is 1.25 bits per heavy atom. The summed E-state index contributed by atoms with van der Waals surface area (Å²) in [4.78, 5) is 0. The summed E-state index contributed by atoms with van der Waals surface area (Å²) < 4.78 is 11.2. The van der Waals surface area contributed by atoms with Gasteiger partial charge in [0.1, 0.15) is 0 Å². The van der Waals surface area contributed by atoms with Gasteiger partial charge in [-0.05, 0) is 25.5 Å². The average Bonchev–Trinajstić information content (AvgIpc) is 2.17. The van der Waals surface area contributed by atoms with Crippen LogP contribution in [0.15, 0.2) is 36.1 Å². The summed E-state index contributed by atoms with van der Waals surface area (Å²) in [6.45, 7) is 8.37. The van der Waals surface area contributed by atoms with E-state index in [1.807, 2.05) is 64.1 Å². The van der Waals surface area contributed by atoms with Crippen molar-refractivity contribution in [3.63, 3.8) is 0 Å². The molecule has 0 N–H and O–H groups in total. The third-order valence-corrected chi connectivity index (χ3v) is 2.07. The van der Waals surface area contributed by atoms with Gasteiger partial charge in [0, 0.05) is 20.5 Å². The molecule has 1 aromatic rings. The molecule has 88 valence electrons. The normalized spacial score (nSPS) is 12.6. The van der Waals surface area contributed by atoms with Crippen molar-refractivity contribution >= 4 is 6.08 Å². The van der Waals surface area contributed by atoms with Crippen molar-refractivity contribution in [2.24, 2.45) is 0 Å². The van der Waals surface area contributed by atoms with E-state index >= 15 is 0 Å². The molecule has 0 aliphatic rings. The lowest BCUT2D eigenvalue weighted by Crippen LogP contribution is -2.27. The highest BCUT2D eigenvalue weighted by atomic mass is 16.7. The summed E-state index contributed by atoms with van der Waals surface area (Å²) in [5, 5.41) is 0. The average molecular weight is 220 g/mol. The van der Waals surface area contributed by atoms with Crippen molar-refractivity contribution < 1.29 is 9.47 Å². The van der Waals surface area contributed by atoms with Gasteiger partial charge in [-0.15, -0.1) is 0 Å². The van der Waals surface area contributed by atoms with Crippen LogP contribution in [0.5, 0.6) is 0 Å². The minimum absolute atomic E-state index is 0.565. The molecule has 1 rings (SSSR count). The van der Waals surface area contributed by atoms with E-state index in [0.717, 1.165) is 11.3 Å². The van der Waals surface area contributed by atoms with Crippen molar-refractivity contribution in [2.45, 2.75) is 33.5 Å². The van der Waals surface area contributed by atoms with Gasteiger partial charge in [-0.2, -0.15) is 0 Å². The van der Waals surface area contributed by atoms with Crippen LogP contribution >= 0.6 is 0 Å². The molecule has 0 aliphatic heterocycles. The van der Waals surface area contributed by atoms with Crippen LogP contribution in [-0.2, 0) is 9.47 Å². The fraction of sp³-hybridized carbons (Fsp3) is 0.429. The minimum Gasteiger partial charge on any atom is -0.468 e. The summed E-state index contributed by atoms with van der Waals surface area (Å²) in [6, 6.07) is 10.1. The number of hydrogen-bond acceptors (Lipinski definition) is 2. The predicted molar refractivity (Wildman–Crippen MR) is 66.9 cm³/mol. The molecule has 0 atom stereocenters. The van der Waals surface area contributed by atoms with Crippen LogP contribution in [0, 0.1) is 0 Å². The Kier molecular flexibility index (Phi) is 4.56. The van der Waals surface area contributed by atoms with E-state index in [0.29, 0.717) is 6.61 Å². The highest BCUT2D eigenvalue weighted by Crippen LogP contribution is 2.17.